The summed E-state index contributed by atoms with van der Waals surface area (Å²) in [6.45, 7) is 3.67. The molecule has 1 unspecified atom stereocenters. The van der Waals surface area contributed by atoms with Crippen molar-refractivity contribution in [3.8, 4) is 0 Å². The number of rotatable bonds is 6. The van der Waals surface area contributed by atoms with E-state index in [9.17, 15) is 9.59 Å². The van der Waals surface area contributed by atoms with Gasteiger partial charge in [-0.15, -0.1) is 0 Å². The largest absolute Gasteiger partial charge is 0.465 e. The zero-order valence-corrected chi connectivity index (χ0v) is 16.0. The highest BCUT2D eigenvalue weighted by Crippen LogP contribution is 2.37. The van der Waals surface area contributed by atoms with Crippen LogP contribution < -0.4 is 20.4 Å². The van der Waals surface area contributed by atoms with E-state index in [0.29, 0.717) is 42.9 Å². The van der Waals surface area contributed by atoms with Crippen LogP contribution in [0.4, 0.5) is 16.2 Å². The summed E-state index contributed by atoms with van der Waals surface area (Å²) in [5, 5.41) is 15.1. The third kappa shape index (κ3) is 4.63. The van der Waals surface area contributed by atoms with Gasteiger partial charge in [0.15, 0.2) is 0 Å². The minimum Gasteiger partial charge on any atom is -0.465 e. The summed E-state index contributed by atoms with van der Waals surface area (Å²) in [6, 6.07) is 4.62. The van der Waals surface area contributed by atoms with E-state index < -0.39 is 12.1 Å². The first-order valence-electron chi connectivity index (χ1n) is 9.10. The van der Waals surface area contributed by atoms with Crippen LogP contribution in [0.5, 0.6) is 0 Å². The van der Waals surface area contributed by atoms with Gasteiger partial charge in [0.1, 0.15) is 6.04 Å². The predicted molar refractivity (Wildman–Crippen MR) is 104 cm³/mol. The summed E-state index contributed by atoms with van der Waals surface area (Å²) >= 11 is 6.46. The summed E-state index contributed by atoms with van der Waals surface area (Å²) in [7, 11) is 1.64. The lowest BCUT2D eigenvalue weighted by Crippen LogP contribution is -2.50. The van der Waals surface area contributed by atoms with E-state index in [1.54, 1.807) is 19.2 Å². The maximum absolute atomic E-state index is 12.7. The number of likely N-dealkylation sites (N-methyl/N-ethyl adjacent to an activating group) is 1. The van der Waals surface area contributed by atoms with Gasteiger partial charge in [-0.25, -0.2) is 4.79 Å². The third-order valence-corrected chi connectivity index (χ3v) is 5.23. The molecule has 0 radical (unpaired) electrons. The Morgan fingerprint density at radius 2 is 2.22 bits per heavy atom. The molecular weight excluding hydrogens is 372 g/mol. The molecule has 8 nitrogen and oxygen atoms in total. The Labute approximate surface area is 163 Å². The Morgan fingerprint density at radius 1 is 1.44 bits per heavy atom. The topological polar surface area (TPSA) is 94.1 Å². The quantitative estimate of drug-likeness (QED) is 0.631. The first-order chi connectivity index (χ1) is 13.0. The van der Waals surface area contributed by atoms with E-state index in [1.165, 1.54) is 4.90 Å². The second-order valence-electron chi connectivity index (χ2n) is 6.79. The van der Waals surface area contributed by atoms with Gasteiger partial charge in [0.05, 0.1) is 22.5 Å². The lowest BCUT2D eigenvalue weighted by atomic mass is 10.1. The van der Waals surface area contributed by atoms with Crippen molar-refractivity contribution in [1.29, 1.82) is 0 Å². The van der Waals surface area contributed by atoms with Crippen molar-refractivity contribution >= 4 is 35.0 Å². The van der Waals surface area contributed by atoms with Gasteiger partial charge in [-0.05, 0) is 25.0 Å². The smallest absolute Gasteiger partial charge is 0.405 e. The molecule has 1 atom stereocenters. The molecule has 148 valence electrons. The maximum atomic E-state index is 12.7. The Balaban J connectivity index is 1.77. The van der Waals surface area contributed by atoms with E-state index in [1.807, 2.05) is 6.07 Å². The van der Waals surface area contributed by atoms with E-state index in [2.05, 4.69) is 15.5 Å². The number of hydrogen-bond donors (Lipinski definition) is 3. The molecule has 0 saturated carbocycles. The monoisotopic (exact) mass is 396 g/mol. The van der Waals surface area contributed by atoms with Crippen LogP contribution in [0.2, 0.25) is 5.02 Å². The molecule has 2 aliphatic rings. The van der Waals surface area contributed by atoms with Crippen LogP contribution in [-0.4, -0.2) is 69.1 Å². The SMILES string of the molecule is CN1C(=O)C(NC(=O)O)CCN(CCCOC2CNC2)c2c(Cl)cccc21. The standard InChI is InChI=1S/C18H25ClN4O4/c1-22-15-5-2-4-13(19)16(15)23(7-3-9-27-12-10-20-11-12)8-6-14(17(22)24)21-18(25)26/h2,4-5,12,14,20-21H,3,6-11H2,1H3,(H,25,26). The average molecular weight is 397 g/mol. The number of nitrogens with one attached hydrogen (secondary N) is 2. The minimum absolute atomic E-state index is 0.290. The van der Waals surface area contributed by atoms with Crippen molar-refractivity contribution in [1.82, 2.24) is 10.6 Å². The Morgan fingerprint density at radius 3 is 2.89 bits per heavy atom. The molecule has 2 amide bonds. The molecule has 1 aromatic rings. The minimum atomic E-state index is -1.21. The van der Waals surface area contributed by atoms with Crippen molar-refractivity contribution in [3.63, 3.8) is 0 Å². The maximum Gasteiger partial charge on any atom is 0.405 e. The molecule has 1 fully saturated rings. The van der Waals surface area contributed by atoms with Crippen LogP contribution >= 0.6 is 11.6 Å². The lowest BCUT2D eigenvalue weighted by Gasteiger charge is -2.36. The van der Waals surface area contributed by atoms with Crippen molar-refractivity contribution in [3.05, 3.63) is 23.2 Å². The molecular formula is C18H25ClN4O4. The lowest BCUT2D eigenvalue weighted by molar-refractivity contribution is -0.120. The zero-order valence-electron chi connectivity index (χ0n) is 15.3. The van der Waals surface area contributed by atoms with Crippen LogP contribution in [0.15, 0.2) is 18.2 Å². The number of carbonyl (C=O) groups is 2. The average Bonchev–Trinajstić information content (AvgIpc) is 2.59. The number of carboxylic acid groups (broad SMARTS) is 1. The molecule has 0 aliphatic carbocycles. The highest BCUT2D eigenvalue weighted by Gasteiger charge is 2.31. The molecule has 9 heteroatoms. The number of hydrogen-bond acceptors (Lipinski definition) is 5. The normalized spacial score (nSPS) is 20.5. The van der Waals surface area contributed by atoms with Crippen molar-refractivity contribution in [2.45, 2.75) is 25.0 Å². The van der Waals surface area contributed by atoms with Crippen LogP contribution in [0.3, 0.4) is 0 Å². The van der Waals surface area contributed by atoms with Crippen LogP contribution in [0.25, 0.3) is 0 Å². The second kappa shape index (κ2) is 8.77. The molecule has 1 aromatic carbocycles. The second-order valence-corrected chi connectivity index (χ2v) is 7.19. The number of nitrogens with zero attached hydrogens (tertiary/aromatic N) is 2. The highest BCUT2D eigenvalue weighted by molar-refractivity contribution is 6.34. The summed E-state index contributed by atoms with van der Waals surface area (Å²) in [5.74, 6) is -0.290. The van der Waals surface area contributed by atoms with Gasteiger partial charge >= 0.3 is 6.09 Å². The Hall–Kier alpha value is -2.03. The molecule has 0 spiro atoms. The fourth-order valence-electron chi connectivity index (χ4n) is 3.35. The summed E-state index contributed by atoms with van der Waals surface area (Å²) in [4.78, 5) is 27.4. The molecule has 1 saturated heterocycles. The summed E-state index contributed by atoms with van der Waals surface area (Å²) in [6.07, 6.45) is 0.271. The molecule has 0 bridgehead atoms. The fourth-order valence-corrected chi connectivity index (χ4v) is 3.64. The number of ether oxygens (including phenoxy) is 1. The van der Waals surface area contributed by atoms with E-state index in [4.69, 9.17) is 21.4 Å². The number of carbonyl (C=O) groups excluding carboxylic acids is 1. The van der Waals surface area contributed by atoms with Gasteiger partial charge in [0.2, 0.25) is 5.91 Å². The van der Waals surface area contributed by atoms with Crippen molar-refractivity contribution < 1.29 is 19.4 Å². The van der Waals surface area contributed by atoms with Crippen molar-refractivity contribution in [2.24, 2.45) is 0 Å². The van der Waals surface area contributed by atoms with E-state index in [-0.39, 0.29) is 5.91 Å². The molecule has 3 N–H and O–H groups in total. The van der Waals surface area contributed by atoms with Gasteiger partial charge in [0, 0.05) is 39.8 Å². The Bertz CT molecular complexity index is 698. The van der Waals surface area contributed by atoms with Gasteiger partial charge in [-0.2, -0.15) is 0 Å². The molecule has 0 aromatic heterocycles. The number of benzene rings is 1. The van der Waals surface area contributed by atoms with Crippen LogP contribution in [0.1, 0.15) is 12.8 Å². The van der Waals surface area contributed by atoms with Gasteiger partial charge in [0.25, 0.3) is 0 Å². The number of anilines is 2. The highest BCUT2D eigenvalue weighted by atomic mass is 35.5. The summed E-state index contributed by atoms with van der Waals surface area (Å²) in [5.41, 5.74) is 1.47. The van der Waals surface area contributed by atoms with Gasteiger partial charge < -0.3 is 30.3 Å². The van der Waals surface area contributed by atoms with Gasteiger partial charge in [-0.1, -0.05) is 17.7 Å². The number of fused-ring (bicyclic) bond motifs is 1. The number of amides is 2. The van der Waals surface area contributed by atoms with Gasteiger partial charge in [-0.3, -0.25) is 4.79 Å². The summed E-state index contributed by atoms with van der Waals surface area (Å²) < 4.78 is 5.78. The van der Waals surface area contributed by atoms with Crippen LogP contribution in [-0.2, 0) is 9.53 Å². The number of halogens is 1. The molecule has 2 aliphatic heterocycles. The first-order valence-corrected chi connectivity index (χ1v) is 9.48. The third-order valence-electron chi connectivity index (χ3n) is 4.93. The van der Waals surface area contributed by atoms with Crippen LogP contribution in [0, 0.1) is 0 Å². The molecule has 2 heterocycles. The molecule has 27 heavy (non-hydrogen) atoms. The Kier molecular flexibility index (Phi) is 6.41. The fraction of sp³-hybridized carbons (Fsp3) is 0.556. The predicted octanol–water partition coefficient (Wildman–Crippen LogP) is 1.53. The van der Waals surface area contributed by atoms with E-state index in [0.717, 1.165) is 25.2 Å². The molecule has 3 rings (SSSR count). The van der Waals surface area contributed by atoms with E-state index >= 15 is 0 Å². The van der Waals surface area contributed by atoms with Crippen molar-refractivity contribution in [2.75, 3.05) is 49.6 Å². The first kappa shape index (κ1) is 19.7. The zero-order chi connectivity index (χ0) is 19.4. The number of para-hydroxylation sites is 1.